The molecule has 0 radical (unpaired) electrons. The van der Waals surface area contributed by atoms with Crippen LogP contribution in [-0.4, -0.2) is 48.9 Å². The number of carbonyl (C=O) groups is 2. The Hall–Kier alpha value is -2.10. The third-order valence-corrected chi connectivity index (χ3v) is 7.18. The Kier molecular flexibility index (Phi) is 7.07. The number of amides is 2. The quantitative estimate of drug-likeness (QED) is 0.180. The van der Waals surface area contributed by atoms with Gasteiger partial charge in [-0.2, -0.15) is 0 Å². The molecule has 4 aliphatic rings. The van der Waals surface area contributed by atoms with Gasteiger partial charge >= 0.3 is 0 Å². The predicted octanol–water partition coefficient (Wildman–Crippen LogP) is 2.71. The summed E-state index contributed by atoms with van der Waals surface area (Å²) in [6.45, 7) is 1.43. The van der Waals surface area contributed by atoms with Gasteiger partial charge in [0, 0.05) is 32.2 Å². The average Bonchev–Trinajstić information content (AvgIpc) is 3.43. The van der Waals surface area contributed by atoms with Gasteiger partial charge in [0.05, 0.1) is 17.9 Å². The molecule has 8 heteroatoms. The highest BCUT2D eigenvalue weighted by Gasteiger charge is 2.58. The van der Waals surface area contributed by atoms with Crippen LogP contribution in [0.2, 0.25) is 0 Å². The molecule has 0 spiro atoms. The molecule has 4 atom stereocenters. The average molecular weight is 550 g/mol. The van der Waals surface area contributed by atoms with Gasteiger partial charge in [-0.1, -0.05) is 30.4 Å². The Morgan fingerprint density at radius 2 is 1.78 bits per heavy atom. The van der Waals surface area contributed by atoms with Crippen LogP contribution in [0.3, 0.4) is 0 Å². The molecule has 2 amide bonds. The summed E-state index contributed by atoms with van der Waals surface area (Å²) in [5.74, 6) is 1.79. The molecule has 4 unspecified atom stereocenters. The molecule has 1 aliphatic heterocycles. The molecule has 172 valence electrons. The molecule has 2 saturated carbocycles. The molecule has 32 heavy (non-hydrogen) atoms. The zero-order valence-electron chi connectivity index (χ0n) is 18.3. The summed E-state index contributed by atoms with van der Waals surface area (Å²) in [6, 6.07) is 8.06. The molecular weight excluding hydrogens is 519 g/mol. The van der Waals surface area contributed by atoms with Crippen molar-refractivity contribution >= 4 is 41.8 Å². The zero-order chi connectivity index (χ0) is 21.4. The number of fused-ring (bicyclic) bond motifs is 5. The van der Waals surface area contributed by atoms with Gasteiger partial charge in [-0.05, 0) is 43.6 Å². The molecule has 1 saturated heterocycles. The van der Waals surface area contributed by atoms with E-state index in [1.165, 1.54) is 11.3 Å². The number of halogens is 1. The number of carbonyl (C=O) groups excluding carboxylic acids is 2. The van der Waals surface area contributed by atoms with Crippen molar-refractivity contribution < 1.29 is 14.3 Å². The number of likely N-dealkylation sites (tertiary alicyclic amines) is 1. The minimum Gasteiger partial charge on any atom is -0.490 e. The van der Waals surface area contributed by atoms with Crippen molar-refractivity contribution in [2.45, 2.75) is 38.3 Å². The van der Waals surface area contributed by atoms with E-state index in [0.717, 1.165) is 30.6 Å². The van der Waals surface area contributed by atoms with Gasteiger partial charge in [0.25, 0.3) is 0 Å². The Bertz CT molecular complexity index is 900. The molecule has 0 aromatic heterocycles. The van der Waals surface area contributed by atoms with Crippen molar-refractivity contribution in [3.8, 4) is 5.75 Å². The van der Waals surface area contributed by atoms with Gasteiger partial charge in [0.15, 0.2) is 5.96 Å². The number of ether oxygens (including phenoxy) is 1. The fourth-order valence-electron chi connectivity index (χ4n) is 5.30. The van der Waals surface area contributed by atoms with Crippen molar-refractivity contribution in [3.63, 3.8) is 0 Å². The van der Waals surface area contributed by atoms with Crippen LogP contribution in [0.5, 0.6) is 5.75 Å². The van der Waals surface area contributed by atoms with Crippen LogP contribution in [-0.2, 0) is 16.1 Å². The van der Waals surface area contributed by atoms with Crippen molar-refractivity contribution in [3.05, 3.63) is 42.0 Å². The second-order valence-corrected chi connectivity index (χ2v) is 8.96. The number of guanidine groups is 1. The number of imide groups is 1. The third-order valence-electron chi connectivity index (χ3n) is 7.18. The first-order chi connectivity index (χ1) is 15.2. The SMILES string of the molecule is CN=C(NCCN1C(=O)C2C3C=CC(C3)C2C1=O)NCc1ccccc1OC1CCC1.I. The van der Waals surface area contributed by atoms with E-state index in [0.29, 0.717) is 31.7 Å². The number of hydrogen-bond donors (Lipinski definition) is 2. The van der Waals surface area contributed by atoms with E-state index in [4.69, 9.17) is 4.74 Å². The van der Waals surface area contributed by atoms with Crippen LogP contribution >= 0.6 is 24.0 Å². The monoisotopic (exact) mass is 550 g/mol. The van der Waals surface area contributed by atoms with Crippen LogP contribution in [0.15, 0.2) is 41.4 Å². The van der Waals surface area contributed by atoms with Crippen LogP contribution < -0.4 is 15.4 Å². The Morgan fingerprint density at radius 1 is 1.09 bits per heavy atom. The fourth-order valence-corrected chi connectivity index (χ4v) is 5.30. The normalized spacial score (nSPS) is 28.4. The van der Waals surface area contributed by atoms with Crippen molar-refractivity contribution in [2.75, 3.05) is 20.1 Å². The van der Waals surface area contributed by atoms with Gasteiger partial charge in [-0.15, -0.1) is 24.0 Å². The van der Waals surface area contributed by atoms with Crippen LogP contribution in [0.25, 0.3) is 0 Å². The molecular formula is C24H31IN4O3. The molecule has 1 aromatic rings. The summed E-state index contributed by atoms with van der Waals surface area (Å²) in [7, 11) is 1.71. The first-order valence-corrected chi connectivity index (χ1v) is 11.4. The molecule has 5 rings (SSSR count). The summed E-state index contributed by atoms with van der Waals surface area (Å²) >= 11 is 0. The maximum Gasteiger partial charge on any atom is 0.233 e. The van der Waals surface area contributed by atoms with Gasteiger partial charge < -0.3 is 15.4 Å². The molecule has 2 N–H and O–H groups in total. The maximum absolute atomic E-state index is 12.8. The first kappa shape index (κ1) is 23.1. The van der Waals surface area contributed by atoms with Gasteiger partial charge in [0.2, 0.25) is 11.8 Å². The van der Waals surface area contributed by atoms with Crippen LogP contribution in [0.1, 0.15) is 31.2 Å². The Labute approximate surface area is 206 Å². The third kappa shape index (κ3) is 4.25. The van der Waals surface area contributed by atoms with E-state index < -0.39 is 0 Å². The van der Waals surface area contributed by atoms with E-state index in [-0.39, 0.29) is 59.5 Å². The fraction of sp³-hybridized carbons (Fsp3) is 0.542. The molecule has 3 fully saturated rings. The van der Waals surface area contributed by atoms with Crippen molar-refractivity contribution in [2.24, 2.45) is 28.7 Å². The lowest BCUT2D eigenvalue weighted by molar-refractivity contribution is -0.140. The van der Waals surface area contributed by atoms with E-state index in [1.807, 2.05) is 18.2 Å². The highest BCUT2D eigenvalue weighted by molar-refractivity contribution is 14.0. The summed E-state index contributed by atoms with van der Waals surface area (Å²) in [6.07, 6.45) is 9.02. The second kappa shape index (κ2) is 9.80. The number of para-hydroxylation sites is 1. The Morgan fingerprint density at radius 3 is 2.41 bits per heavy atom. The largest absolute Gasteiger partial charge is 0.490 e. The number of hydrogen-bond acceptors (Lipinski definition) is 4. The van der Waals surface area contributed by atoms with Crippen molar-refractivity contribution in [1.82, 2.24) is 15.5 Å². The Balaban J connectivity index is 0.00000245. The minimum absolute atomic E-state index is 0. The lowest BCUT2D eigenvalue weighted by Gasteiger charge is -2.27. The minimum atomic E-state index is -0.132. The summed E-state index contributed by atoms with van der Waals surface area (Å²) < 4.78 is 6.09. The highest BCUT2D eigenvalue weighted by Crippen LogP contribution is 2.52. The lowest BCUT2D eigenvalue weighted by atomic mass is 9.85. The van der Waals surface area contributed by atoms with Gasteiger partial charge in [-0.25, -0.2) is 0 Å². The van der Waals surface area contributed by atoms with E-state index in [2.05, 4.69) is 33.8 Å². The van der Waals surface area contributed by atoms with Gasteiger partial charge in [-0.3, -0.25) is 19.5 Å². The number of nitrogens with one attached hydrogen (secondary N) is 2. The van der Waals surface area contributed by atoms with E-state index in [9.17, 15) is 9.59 Å². The van der Waals surface area contributed by atoms with Crippen LogP contribution in [0.4, 0.5) is 0 Å². The predicted molar refractivity (Wildman–Crippen MR) is 133 cm³/mol. The number of allylic oxidation sites excluding steroid dienone is 2. The van der Waals surface area contributed by atoms with Crippen molar-refractivity contribution in [1.29, 1.82) is 0 Å². The molecule has 2 bridgehead atoms. The van der Waals surface area contributed by atoms with E-state index in [1.54, 1.807) is 7.05 Å². The summed E-state index contributed by atoms with van der Waals surface area (Å²) in [5, 5.41) is 6.54. The molecule has 1 aromatic carbocycles. The number of benzene rings is 1. The molecule has 7 nitrogen and oxygen atoms in total. The number of nitrogens with zero attached hydrogens (tertiary/aromatic N) is 2. The molecule has 1 heterocycles. The highest BCUT2D eigenvalue weighted by atomic mass is 127. The standard InChI is InChI=1S/C24H30N4O3.HI/c1-25-24(27-14-17-5-2-3-8-19(17)31-18-6-4-7-18)26-11-12-28-22(29)20-15-9-10-16(13-15)21(20)23(28)30;/h2-3,5,8-10,15-16,18,20-21H,4,6-7,11-14H2,1H3,(H2,25,26,27);1H. The smallest absolute Gasteiger partial charge is 0.233 e. The number of aliphatic imine (C=N–C) groups is 1. The lowest BCUT2D eigenvalue weighted by Crippen LogP contribution is -2.43. The molecule has 3 aliphatic carbocycles. The van der Waals surface area contributed by atoms with Gasteiger partial charge in [0.1, 0.15) is 5.75 Å². The summed E-state index contributed by atoms with van der Waals surface area (Å²) in [4.78, 5) is 31.3. The van der Waals surface area contributed by atoms with E-state index >= 15 is 0 Å². The number of rotatable bonds is 7. The van der Waals surface area contributed by atoms with Crippen LogP contribution in [0, 0.1) is 23.7 Å². The topological polar surface area (TPSA) is 83.0 Å². The first-order valence-electron chi connectivity index (χ1n) is 11.4. The zero-order valence-corrected chi connectivity index (χ0v) is 20.7. The maximum atomic E-state index is 12.8. The summed E-state index contributed by atoms with van der Waals surface area (Å²) in [5.41, 5.74) is 1.08. The second-order valence-electron chi connectivity index (χ2n) is 8.96.